The summed E-state index contributed by atoms with van der Waals surface area (Å²) >= 11 is 1.70. The Bertz CT molecular complexity index is 490. The average molecular weight is 278 g/mol. The zero-order valence-electron chi connectivity index (χ0n) is 10.8. The van der Waals surface area contributed by atoms with Crippen molar-refractivity contribution in [3.8, 4) is 0 Å². The maximum atomic E-state index is 5.63. The molecule has 1 aliphatic rings. The van der Waals surface area contributed by atoms with Crippen molar-refractivity contribution >= 4 is 22.8 Å². The lowest BCUT2D eigenvalue weighted by Gasteiger charge is -2.09. The van der Waals surface area contributed by atoms with Crippen LogP contribution < -0.4 is 0 Å². The minimum atomic E-state index is 0.316. The van der Waals surface area contributed by atoms with Gasteiger partial charge in [0.05, 0.1) is 30.4 Å². The van der Waals surface area contributed by atoms with Crippen LogP contribution in [-0.2, 0) is 9.47 Å². The highest BCUT2D eigenvalue weighted by Gasteiger charge is 2.15. The van der Waals surface area contributed by atoms with Gasteiger partial charge < -0.3 is 14.5 Å². The van der Waals surface area contributed by atoms with Gasteiger partial charge in [0.15, 0.2) is 5.16 Å². The van der Waals surface area contributed by atoms with Gasteiger partial charge in [-0.3, -0.25) is 0 Å². The van der Waals surface area contributed by atoms with Gasteiger partial charge in [-0.1, -0.05) is 23.9 Å². The molecule has 1 saturated heterocycles. The van der Waals surface area contributed by atoms with Crippen LogP contribution in [0.4, 0.5) is 0 Å². The summed E-state index contributed by atoms with van der Waals surface area (Å²) in [6, 6.07) is 8.08. The van der Waals surface area contributed by atoms with Gasteiger partial charge in [-0.05, 0) is 25.0 Å². The van der Waals surface area contributed by atoms with Gasteiger partial charge in [0.1, 0.15) is 0 Å². The van der Waals surface area contributed by atoms with E-state index in [4.69, 9.17) is 9.47 Å². The number of para-hydroxylation sites is 2. The van der Waals surface area contributed by atoms with Crippen molar-refractivity contribution in [2.45, 2.75) is 24.1 Å². The molecule has 1 fully saturated rings. The minimum absolute atomic E-state index is 0.316. The van der Waals surface area contributed by atoms with E-state index in [1.165, 1.54) is 6.42 Å². The molecule has 0 unspecified atom stereocenters. The van der Waals surface area contributed by atoms with E-state index >= 15 is 0 Å². The molecule has 1 N–H and O–H groups in total. The average Bonchev–Trinajstić information content (AvgIpc) is 3.06. The number of rotatable bonds is 6. The highest BCUT2D eigenvalue weighted by molar-refractivity contribution is 7.99. The highest BCUT2D eigenvalue weighted by atomic mass is 32.2. The first-order valence-corrected chi connectivity index (χ1v) is 7.67. The molecule has 102 valence electrons. The molecule has 4 nitrogen and oxygen atoms in total. The second-order valence-electron chi connectivity index (χ2n) is 4.62. The van der Waals surface area contributed by atoms with Gasteiger partial charge >= 0.3 is 0 Å². The van der Waals surface area contributed by atoms with E-state index in [1.807, 2.05) is 24.3 Å². The van der Waals surface area contributed by atoms with Crippen LogP contribution in [0, 0.1) is 0 Å². The third kappa shape index (κ3) is 3.49. The second-order valence-corrected chi connectivity index (χ2v) is 5.70. The molecule has 1 aromatic carbocycles. The summed E-state index contributed by atoms with van der Waals surface area (Å²) in [5.41, 5.74) is 2.11. The lowest BCUT2D eigenvalue weighted by molar-refractivity contribution is 0.0226. The summed E-state index contributed by atoms with van der Waals surface area (Å²) in [6.07, 6.45) is 2.62. The summed E-state index contributed by atoms with van der Waals surface area (Å²) in [6.45, 7) is 2.35. The third-order valence-corrected chi connectivity index (χ3v) is 4.00. The Morgan fingerprint density at radius 1 is 1.42 bits per heavy atom. The molecule has 1 atom stereocenters. The Morgan fingerprint density at radius 2 is 2.37 bits per heavy atom. The molecule has 0 spiro atoms. The molecule has 0 amide bonds. The van der Waals surface area contributed by atoms with E-state index in [0.717, 1.165) is 48.2 Å². The smallest absolute Gasteiger partial charge is 0.166 e. The molecule has 2 aromatic rings. The number of benzene rings is 1. The number of H-pyrrole nitrogens is 1. The van der Waals surface area contributed by atoms with E-state index < -0.39 is 0 Å². The Kier molecular flexibility index (Phi) is 4.37. The molecule has 1 aliphatic heterocycles. The number of fused-ring (bicyclic) bond motifs is 1. The van der Waals surface area contributed by atoms with Crippen molar-refractivity contribution in [3.63, 3.8) is 0 Å². The van der Waals surface area contributed by atoms with Gasteiger partial charge in [0.25, 0.3) is 0 Å². The van der Waals surface area contributed by atoms with Crippen LogP contribution in [0.2, 0.25) is 0 Å². The van der Waals surface area contributed by atoms with E-state index in [2.05, 4.69) is 9.97 Å². The van der Waals surface area contributed by atoms with E-state index in [0.29, 0.717) is 6.10 Å². The Morgan fingerprint density at radius 3 is 3.21 bits per heavy atom. The van der Waals surface area contributed by atoms with Crippen LogP contribution >= 0.6 is 11.8 Å². The summed E-state index contributed by atoms with van der Waals surface area (Å²) in [4.78, 5) is 7.81. The first-order valence-electron chi connectivity index (χ1n) is 6.69. The van der Waals surface area contributed by atoms with E-state index in [9.17, 15) is 0 Å². The standard InChI is InChI=1S/C14H18N2O2S/c1-2-6-13-12(5-1)15-14(16-13)19-9-8-17-10-11-4-3-7-18-11/h1-2,5-6,11H,3-4,7-10H2,(H,15,16)/t11-/m1/s1. The number of hydrogen-bond donors (Lipinski definition) is 1. The maximum Gasteiger partial charge on any atom is 0.166 e. The number of ether oxygens (including phenoxy) is 2. The molecule has 1 aromatic heterocycles. The fourth-order valence-corrected chi connectivity index (χ4v) is 2.93. The van der Waals surface area contributed by atoms with Crippen molar-refractivity contribution in [1.82, 2.24) is 9.97 Å². The molecule has 0 radical (unpaired) electrons. The fourth-order valence-electron chi connectivity index (χ4n) is 2.19. The molecule has 2 heterocycles. The van der Waals surface area contributed by atoms with Crippen molar-refractivity contribution in [3.05, 3.63) is 24.3 Å². The van der Waals surface area contributed by atoms with Crippen LogP contribution in [0.1, 0.15) is 12.8 Å². The van der Waals surface area contributed by atoms with Crippen LogP contribution in [0.25, 0.3) is 11.0 Å². The molecule has 0 bridgehead atoms. The molecule has 0 aliphatic carbocycles. The largest absolute Gasteiger partial charge is 0.378 e. The molecular weight excluding hydrogens is 260 g/mol. The van der Waals surface area contributed by atoms with E-state index in [-0.39, 0.29) is 0 Å². The van der Waals surface area contributed by atoms with Crippen LogP contribution in [0.5, 0.6) is 0 Å². The van der Waals surface area contributed by atoms with Crippen LogP contribution in [-0.4, -0.2) is 41.6 Å². The zero-order valence-corrected chi connectivity index (χ0v) is 11.6. The SMILES string of the molecule is c1ccc2[nH]c(SCCOC[C@H]3CCCO3)nc2c1. The number of imidazole rings is 1. The minimum Gasteiger partial charge on any atom is -0.378 e. The zero-order chi connectivity index (χ0) is 12.9. The van der Waals surface area contributed by atoms with Gasteiger partial charge in [-0.15, -0.1) is 0 Å². The molecule has 19 heavy (non-hydrogen) atoms. The maximum absolute atomic E-state index is 5.63. The lowest BCUT2D eigenvalue weighted by atomic mass is 10.2. The molecule has 3 rings (SSSR count). The predicted octanol–water partition coefficient (Wildman–Crippen LogP) is 2.85. The summed E-state index contributed by atoms with van der Waals surface area (Å²) in [5.74, 6) is 0.909. The Balaban J connectivity index is 1.39. The van der Waals surface area contributed by atoms with Crippen molar-refractivity contribution in [1.29, 1.82) is 0 Å². The van der Waals surface area contributed by atoms with Gasteiger partial charge in [-0.2, -0.15) is 0 Å². The second kappa shape index (κ2) is 6.41. The van der Waals surface area contributed by atoms with Crippen LogP contribution in [0.15, 0.2) is 29.4 Å². The number of hydrogen-bond acceptors (Lipinski definition) is 4. The Labute approximate surface area is 116 Å². The number of thioether (sulfide) groups is 1. The number of aromatic amines is 1. The quantitative estimate of drug-likeness (QED) is 0.652. The third-order valence-electron chi connectivity index (χ3n) is 3.16. The fraction of sp³-hybridized carbons (Fsp3) is 0.500. The summed E-state index contributed by atoms with van der Waals surface area (Å²) in [5, 5.41) is 0.960. The first-order chi connectivity index (χ1) is 9.42. The van der Waals surface area contributed by atoms with Crippen LogP contribution in [0.3, 0.4) is 0 Å². The van der Waals surface area contributed by atoms with Crippen molar-refractivity contribution in [2.24, 2.45) is 0 Å². The topological polar surface area (TPSA) is 47.1 Å². The van der Waals surface area contributed by atoms with Gasteiger partial charge in [-0.25, -0.2) is 4.98 Å². The Hall–Kier alpha value is -1.04. The van der Waals surface area contributed by atoms with Crippen molar-refractivity contribution in [2.75, 3.05) is 25.6 Å². The molecule has 0 saturated carbocycles. The predicted molar refractivity (Wildman–Crippen MR) is 76.6 cm³/mol. The number of nitrogens with zero attached hydrogens (tertiary/aromatic N) is 1. The highest BCUT2D eigenvalue weighted by Crippen LogP contribution is 2.19. The van der Waals surface area contributed by atoms with Gasteiger partial charge in [0, 0.05) is 12.4 Å². The van der Waals surface area contributed by atoms with Gasteiger partial charge in [0.2, 0.25) is 0 Å². The molecule has 5 heteroatoms. The lowest BCUT2D eigenvalue weighted by Crippen LogP contribution is -2.15. The number of nitrogens with one attached hydrogen (secondary N) is 1. The monoisotopic (exact) mass is 278 g/mol. The first kappa shape index (κ1) is 13.0. The number of aromatic nitrogens is 2. The summed E-state index contributed by atoms with van der Waals surface area (Å²) in [7, 11) is 0. The van der Waals surface area contributed by atoms with Crippen molar-refractivity contribution < 1.29 is 9.47 Å². The normalized spacial score (nSPS) is 19.3. The summed E-state index contributed by atoms with van der Waals surface area (Å²) < 4.78 is 11.1. The van der Waals surface area contributed by atoms with E-state index in [1.54, 1.807) is 11.8 Å². The molecular formula is C14H18N2O2S.